The van der Waals surface area contributed by atoms with E-state index >= 15 is 0 Å². The molecule has 1 aliphatic rings. The second kappa shape index (κ2) is 7.58. The first-order chi connectivity index (χ1) is 9.63. The smallest absolute Gasteiger partial charge is 0.0769 e. The molecule has 1 aromatic carbocycles. The summed E-state index contributed by atoms with van der Waals surface area (Å²) >= 11 is 3.63. The minimum Gasteiger partial charge on any atom is -0.376 e. The predicted molar refractivity (Wildman–Crippen MR) is 88.2 cm³/mol. The Morgan fingerprint density at radius 3 is 2.75 bits per heavy atom. The van der Waals surface area contributed by atoms with Crippen LogP contribution in [0.4, 0.5) is 0 Å². The third kappa shape index (κ3) is 3.84. The van der Waals surface area contributed by atoms with Gasteiger partial charge in [0.1, 0.15) is 0 Å². The standard InChI is InChI=1S/C17H26BrNO/c1-4-8-19-17(16-7-5-6-9-20-16)14-10-13(3)15(18)11-12(14)2/h10-11,16-17,19H,4-9H2,1-3H3. The highest BCUT2D eigenvalue weighted by atomic mass is 79.9. The molecular weight excluding hydrogens is 314 g/mol. The second-order valence-corrected chi connectivity index (χ2v) is 6.65. The van der Waals surface area contributed by atoms with Gasteiger partial charge < -0.3 is 10.1 Å². The van der Waals surface area contributed by atoms with E-state index in [0.29, 0.717) is 12.1 Å². The van der Waals surface area contributed by atoms with Crippen LogP contribution in [0.5, 0.6) is 0 Å². The molecule has 3 heteroatoms. The van der Waals surface area contributed by atoms with Gasteiger partial charge in [0.2, 0.25) is 0 Å². The fourth-order valence-electron chi connectivity index (χ4n) is 2.91. The van der Waals surface area contributed by atoms with Crippen LogP contribution in [0.3, 0.4) is 0 Å². The zero-order valence-corrected chi connectivity index (χ0v) is 14.4. The highest BCUT2D eigenvalue weighted by molar-refractivity contribution is 9.10. The van der Waals surface area contributed by atoms with Crippen LogP contribution in [-0.4, -0.2) is 19.3 Å². The summed E-state index contributed by atoms with van der Waals surface area (Å²) in [5.74, 6) is 0. The van der Waals surface area contributed by atoms with E-state index in [9.17, 15) is 0 Å². The zero-order valence-electron chi connectivity index (χ0n) is 12.8. The molecule has 1 aliphatic heterocycles. The van der Waals surface area contributed by atoms with Gasteiger partial charge in [-0.3, -0.25) is 0 Å². The molecule has 20 heavy (non-hydrogen) atoms. The SMILES string of the molecule is CCCNC(c1cc(C)c(Br)cc1C)C1CCCCO1. The Hall–Kier alpha value is -0.380. The summed E-state index contributed by atoms with van der Waals surface area (Å²) in [6, 6.07) is 4.86. The molecule has 0 radical (unpaired) electrons. The molecule has 0 aliphatic carbocycles. The average molecular weight is 340 g/mol. The van der Waals surface area contributed by atoms with Crippen molar-refractivity contribution in [3.8, 4) is 0 Å². The van der Waals surface area contributed by atoms with Gasteiger partial charge >= 0.3 is 0 Å². The molecule has 1 aromatic rings. The molecule has 2 rings (SSSR count). The molecule has 1 heterocycles. The Balaban J connectivity index is 2.27. The minimum absolute atomic E-state index is 0.314. The number of ether oxygens (including phenoxy) is 1. The molecule has 0 saturated carbocycles. The number of halogens is 1. The first kappa shape index (κ1) is 16.0. The van der Waals surface area contributed by atoms with Gasteiger partial charge in [-0.05, 0) is 68.8 Å². The first-order valence-electron chi connectivity index (χ1n) is 7.75. The Morgan fingerprint density at radius 1 is 1.30 bits per heavy atom. The lowest BCUT2D eigenvalue weighted by molar-refractivity contribution is -0.00829. The van der Waals surface area contributed by atoms with E-state index in [1.807, 2.05) is 0 Å². The molecule has 2 nitrogen and oxygen atoms in total. The highest BCUT2D eigenvalue weighted by Crippen LogP contribution is 2.31. The summed E-state index contributed by atoms with van der Waals surface area (Å²) in [7, 11) is 0. The van der Waals surface area contributed by atoms with Gasteiger partial charge in [0.15, 0.2) is 0 Å². The van der Waals surface area contributed by atoms with Crippen LogP contribution in [0.15, 0.2) is 16.6 Å². The summed E-state index contributed by atoms with van der Waals surface area (Å²) in [6.07, 6.45) is 5.11. The molecule has 0 amide bonds. The summed E-state index contributed by atoms with van der Waals surface area (Å²) in [6.45, 7) is 8.52. The maximum atomic E-state index is 6.04. The van der Waals surface area contributed by atoms with Crippen LogP contribution < -0.4 is 5.32 Å². The van der Waals surface area contributed by atoms with Crippen molar-refractivity contribution in [3.63, 3.8) is 0 Å². The van der Waals surface area contributed by atoms with Crippen molar-refractivity contribution in [1.29, 1.82) is 0 Å². The van der Waals surface area contributed by atoms with Crippen molar-refractivity contribution >= 4 is 15.9 Å². The number of benzene rings is 1. The summed E-state index contributed by atoms with van der Waals surface area (Å²) in [5.41, 5.74) is 4.03. The number of nitrogens with one attached hydrogen (secondary N) is 1. The van der Waals surface area contributed by atoms with Gasteiger partial charge in [-0.25, -0.2) is 0 Å². The van der Waals surface area contributed by atoms with Crippen molar-refractivity contribution in [2.75, 3.05) is 13.2 Å². The predicted octanol–water partition coefficient (Wildman–Crippen LogP) is 4.68. The van der Waals surface area contributed by atoms with E-state index < -0.39 is 0 Å². The largest absolute Gasteiger partial charge is 0.376 e. The number of hydrogen-bond acceptors (Lipinski definition) is 2. The van der Waals surface area contributed by atoms with E-state index in [2.05, 4.69) is 54.2 Å². The molecular formula is C17H26BrNO. The first-order valence-corrected chi connectivity index (χ1v) is 8.54. The Kier molecular flexibility index (Phi) is 6.06. The fourth-order valence-corrected chi connectivity index (χ4v) is 3.37. The van der Waals surface area contributed by atoms with Crippen LogP contribution in [0.1, 0.15) is 55.3 Å². The van der Waals surface area contributed by atoms with Crippen LogP contribution >= 0.6 is 15.9 Å². The van der Waals surface area contributed by atoms with Crippen molar-refractivity contribution < 1.29 is 4.74 Å². The van der Waals surface area contributed by atoms with E-state index in [4.69, 9.17) is 4.74 Å². The molecule has 2 atom stereocenters. The van der Waals surface area contributed by atoms with Crippen molar-refractivity contribution in [2.45, 2.75) is 58.6 Å². The van der Waals surface area contributed by atoms with Gasteiger partial charge in [0.05, 0.1) is 12.1 Å². The maximum Gasteiger partial charge on any atom is 0.0769 e. The Labute approximate surface area is 131 Å². The monoisotopic (exact) mass is 339 g/mol. The lowest BCUT2D eigenvalue weighted by Crippen LogP contribution is -2.36. The molecule has 0 aromatic heterocycles. The lowest BCUT2D eigenvalue weighted by atomic mass is 9.91. The maximum absolute atomic E-state index is 6.04. The Morgan fingerprint density at radius 2 is 2.10 bits per heavy atom. The molecule has 2 unspecified atom stereocenters. The fraction of sp³-hybridized carbons (Fsp3) is 0.647. The van der Waals surface area contributed by atoms with Crippen molar-refractivity contribution in [1.82, 2.24) is 5.32 Å². The molecule has 0 bridgehead atoms. The Bertz CT molecular complexity index is 441. The zero-order chi connectivity index (χ0) is 14.5. The number of aryl methyl sites for hydroxylation is 2. The number of rotatable bonds is 5. The van der Waals surface area contributed by atoms with Gasteiger partial charge in [-0.2, -0.15) is 0 Å². The van der Waals surface area contributed by atoms with Gasteiger partial charge in [0.25, 0.3) is 0 Å². The highest BCUT2D eigenvalue weighted by Gasteiger charge is 2.26. The molecule has 1 fully saturated rings. The van der Waals surface area contributed by atoms with Crippen LogP contribution in [-0.2, 0) is 4.74 Å². The lowest BCUT2D eigenvalue weighted by Gasteiger charge is -2.32. The summed E-state index contributed by atoms with van der Waals surface area (Å²) in [4.78, 5) is 0. The molecule has 1 N–H and O–H groups in total. The van der Waals surface area contributed by atoms with E-state index in [0.717, 1.165) is 26.0 Å². The van der Waals surface area contributed by atoms with Crippen LogP contribution in [0, 0.1) is 13.8 Å². The topological polar surface area (TPSA) is 21.3 Å². The van der Waals surface area contributed by atoms with Crippen LogP contribution in [0.2, 0.25) is 0 Å². The van der Waals surface area contributed by atoms with Gasteiger partial charge in [0, 0.05) is 11.1 Å². The average Bonchev–Trinajstić information content (AvgIpc) is 2.45. The summed E-state index contributed by atoms with van der Waals surface area (Å²) < 4.78 is 7.23. The van der Waals surface area contributed by atoms with E-state index in [-0.39, 0.29) is 0 Å². The molecule has 0 spiro atoms. The minimum atomic E-state index is 0.314. The van der Waals surface area contributed by atoms with Gasteiger partial charge in [-0.1, -0.05) is 28.9 Å². The molecule has 112 valence electrons. The second-order valence-electron chi connectivity index (χ2n) is 5.79. The third-order valence-corrected chi connectivity index (χ3v) is 4.94. The van der Waals surface area contributed by atoms with Crippen LogP contribution in [0.25, 0.3) is 0 Å². The summed E-state index contributed by atoms with van der Waals surface area (Å²) in [5, 5.41) is 3.70. The molecule has 1 saturated heterocycles. The normalized spacial score (nSPS) is 20.9. The van der Waals surface area contributed by atoms with E-state index in [1.165, 1.54) is 34.0 Å². The van der Waals surface area contributed by atoms with E-state index in [1.54, 1.807) is 0 Å². The van der Waals surface area contributed by atoms with Crippen molar-refractivity contribution in [2.24, 2.45) is 0 Å². The van der Waals surface area contributed by atoms with Crippen molar-refractivity contribution in [3.05, 3.63) is 33.3 Å². The quantitative estimate of drug-likeness (QED) is 0.841. The third-order valence-electron chi connectivity index (χ3n) is 4.08. The number of hydrogen-bond donors (Lipinski definition) is 1. The van der Waals surface area contributed by atoms with Gasteiger partial charge in [-0.15, -0.1) is 0 Å².